The highest BCUT2D eigenvalue weighted by atomic mass is 35.5. The van der Waals surface area contributed by atoms with Crippen molar-refractivity contribution in [1.29, 1.82) is 0 Å². The summed E-state index contributed by atoms with van der Waals surface area (Å²) in [5.74, 6) is 0.443. The van der Waals surface area contributed by atoms with E-state index in [1.807, 2.05) is 18.3 Å². The van der Waals surface area contributed by atoms with Crippen molar-refractivity contribution >= 4 is 23.2 Å². The van der Waals surface area contributed by atoms with Gasteiger partial charge in [0.05, 0.1) is 12.2 Å². The molecular formula is C12H10ClN3O2. The first-order valence-corrected chi connectivity index (χ1v) is 5.82. The molecule has 0 saturated heterocycles. The second kappa shape index (κ2) is 4.34. The monoisotopic (exact) mass is 263 g/mol. The van der Waals surface area contributed by atoms with Gasteiger partial charge in [0.25, 0.3) is 5.91 Å². The molecule has 18 heavy (non-hydrogen) atoms. The second-order valence-corrected chi connectivity index (χ2v) is 4.39. The Kier molecular flexibility index (Phi) is 2.68. The summed E-state index contributed by atoms with van der Waals surface area (Å²) < 4.78 is 7.05. The summed E-state index contributed by atoms with van der Waals surface area (Å²) >= 11 is 6.18. The summed E-state index contributed by atoms with van der Waals surface area (Å²) in [5.41, 5.74) is 1.53. The lowest BCUT2D eigenvalue weighted by atomic mass is 10.1. The first-order chi connectivity index (χ1) is 8.72. The Morgan fingerprint density at radius 2 is 2.39 bits per heavy atom. The molecule has 2 heterocycles. The highest BCUT2D eigenvalue weighted by molar-refractivity contribution is 6.31. The van der Waals surface area contributed by atoms with E-state index in [1.54, 1.807) is 16.9 Å². The molecule has 5 nitrogen and oxygen atoms in total. The number of aromatic nitrogens is 2. The SMILES string of the molecule is O=C1COc2cc(Cl)c(Cn3cccn3)cc2N1. The Morgan fingerprint density at radius 1 is 1.50 bits per heavy atom. The van der Waals surface area contributed by atoms with Crippen LogP contribution in [0.15, 0.2) is 30.6 Å². The maximum Gasteiger partial charge on any atom is 0.262 e. The van der Waals surface area contributed by atoms with Gasteiger partial charge in [-0.1, -0.05) is 11.6 Å². The largest absolute Gasteiger partial charge is 0.482 e. The summed E-state index contributed by atoms with van der Waals surface area (Å²) in [6.45, 7) is 0.580. The zero-order chi connectivity index (χ0) is 12.5. The van der Waals surface area contributed by atoms with E-state index >= 15 is 0 Å². The normalized spacial score (nSPS) is 13.7. The number of carbonyl (C=O) groups is 1. The standard InChI is InChI=1S/C12H10ClN3O2/c13-9-5-11-10(15-12(17)7-18-11)4-8(9)6-16-3-1-2-14-16/h1-5H,6-7H2,(H,15,17). The van der Waals surface area contributed by atoms with Crippen molar-refractivity contribution in [2.45, 2.75) is 6.54 Å². The third-order valence-electron chi connectivity index (χ3n) is 2.67. The van der Waals surface area contributed by atoms with Crippen LogP contribution in [0.1, 0.15) is 5.56 Å². The van der Waals surface area contributed by atoms with E-state index in [0.29, 0.717) is 23.0 Å². The van der Waals surface area contributed by atoms with Gasteiger partial charge in [-0.05, 0) is 17.7 Å². The number of carbonyl (C=O) groups excluding carboxylic acids is 1. The minimum Gasteiger partial charge on any atom is -0.482 e. The second-order valence-electron chi connectivity index (χ2n) is 3.98. The van der Waals surface area contributed by atoms with E-state index in [9.17, 15) is 4.79 Å². The van der Waals surface area contributed by atoms with Gasteiger partial charge in [-0.3, -0.25) is 9.48 Å². The zero-order valence-electron chi connectivity index (χ0n) is 9.39. The van der Waals surface area contributed by atoms with Crippen LogP contribution in [0.4, 0.5) is 5.69 Å². The van der Waals surface area contributed by atoms with Gasteiger partial charge in [0, 0.05) is 23.5 Å². The molecule has 92 valence electrons. The molecule has 0 spiro atoms. The van der Waals surface area contributed by atoms with Gasteiger partial charge in [0.2, 0.25) is 0 Å². The van der Waals surface area contributed by atoms with Crippen LogP contribution in [0, 0.1) is 0 Å². The summed E-state index contributed by atoms with van der Waals surface area (Å²) in [6.07, 6.45) is 3.56. The van der Waals surface area contributed by atoms with Crippen LogP contribution in [-0.2, 0) is 11.3 Å². The van der Waals surface area contributed by atoms with Gasteiger partial charge in [0.1, 0.15) is 5.75 Å². The van der Waals surface area contributed by atoms with E-state index < -0.39 is 0 Å². The Labute approximate surface area is 108 Å². The lowest BCUT2D eigenvalue weighted by Crippen LogP contribution is -2.25. The molecule has 1 aliphatic rings. The van der Waals surface area contributed by atoms with Crippen molar-refractivity contribution in [1.82, 2.24) is 9.78 Å². The topological polar surface area (TPSA) is 56.2 Å². The molecule has 1 aromatic carbocycles. The molecule has 6 heteroatoms. The number of ether oxygens (including phenoxy) is 1. The third-order valence-corrected chi connectivity index (χ3v) is 3.02. The zero-order valence-corrected chi connectivity index (χ0v) is 10.1. The minimum atomic E-state index is -0.158. The summed E-state index contributed by atoms with van der Waals surface area (Å²) in [5, 5.41) is 7.47. The Bertz CT molecular complexity index is 596. The van der Waals surface area contributed by atoms with Gasteiger partial charge in [-0.15, -0.1) is 0 Å². The molecule has 0 saturated carbocycles. The van der Waals surface area contributed by atoms with Crippen molar-refractivity contribution in [2.75, 3.05) is 11.9 Å². The molecule has 0 aliphatic carbocycles. The number of benzene rings is 1. The lowest BCUT2D eigenvalue weighted by molar-refractivity contribution is -0.118. The van der Waals surface area contributed by atoms with Crippen LogP contribution in [0.25, 0.3) is 0 Å². The maximum atomic E-state index is 11.3. The van der Waals surface area contributed by atoms with E-state index in [4.69, 9.17) is 16.3 Å². The molecule has 1 N–H and O–H groups in total. The average Bonchev–Trinajstić information content (AvgIpc) is 2.83. The van der Waals surface area contributed by atoms with E-state index in [0.717, 1.165) is 5.56 Å². The van der Waals surface area contributed by atoms with Gasteiger partial charge in [-0.2, -0.15) is 5.10 Å². The fraction of sp³-hybridized carbons (Fsp3) is 0.167. The fourth-order valence-corrected chi connectivity index (χ4v) is 2.05. The van der Waals surface area contributed by atoms with Crippen LogP contribution in [0.3, 0.4) is 0 Å². The van der Waals surface area contributed by atoms with Gasteiger partial charge in [-0.25, -0.2) is 0 Å². The van der Waals surface area contributed by atoms with Gasteiger partial charge < -0.3 is 10.1 Å². The molecule has 1 aliphatic heterocycles. The summed E-state index contributed by atoms with van der Waals surface area (Å²) in [4.78, 5) is 11.3. The number of nitrogens with zero attached hydrogens (tertiary/aromatic N) is 2. The van der Waals surface area contributed by atoms with E-state index in [-0.39, 0.29) is 12.5 Å². The predicted octanol–water partition coefficient (Wildman–Crippen LogP) is 1.92. The number of rotatable bonds is 2. The fourth-order valence-electron chi connectivity index (χ4n) is 1.84. The Hall–Kier alpha value is -2.01. The molecule has 0 bridgehead atoms. The smallest absolute Gasteiger partial charge is 0.262 e. The van der Waals surface area contributed by atoms with Crippen LogP contribution in [-0.4, -0.2) is 22.3 Å². The van der Waals surface area contributed by atoms with Crippen molar-refractivity contribution in [3.05, 3.63) is 41.2 Å². The molecule has 2 aromatic rings. The quantitative estimate of drug-likeness (QED) is 0.901. The molecular weight excluding hydrogens is 254 g/mol. The molecule has 0 fully saturated rings. The van der Waals surface area contributed by atoms with Gasteiger partial charge >= 0.3 is 0 Å². The number of hydrogen-bond donors (Lipinski definition) is 1. The molecule has 0 radical (unpaired) electrons. The number of anilines is 1. The highest BCUT2D eigenvalue weighted by Crippen LogP contribution is 2.33. The maximum absolute atomic E-state index is 11.3. The number of amides is 1. The first kappa shape index (κ1) is 11.1. The number of halogens is 1. The number of hydrogen-bond acceptors (Lipinski definition) is 3. The van der Waals surface area contributed by atoms with Crippen molar-refractivity contribution in [2.24, 2.45) is 0 Å². The van der Waals surface area contributed by atoms with Crippen molar-refractivity contribution in [3.63, 3.8) is 0 Å². The molecule has 0 unspecified atom stereocenters. The number of fused-ring (bicyclic) bond motifs is 1. The van der Waals surface area contributed by atoms with Crippen molar-refractivity contribution in [3.8, 4) is 5.75 Å². The van der Waals surface area contributed by atoms with E-state index in [1.165, 1.54) is 0 Å². The Balaban J connectivity index is 1.95. The third kappa shape index (κ3) is 2.04. The first-order valence-electron chi connectivity index (χ1n) is 5.45. The minimum absolute atomic E-state index is 0.0296. The van der Waals surface area contributed by atoms with Crippen molar-refractivity contribution < 1.29 is 9.53 Å². The van der Waals surface area contributed by atoms with Crippen LogP contribution >= 0.6 is 11.6 Å². The molecule has 3 rings (SSSR count). The summed E-state index contributed by atoms with van der Waals surface area (Å²) in [7, 11) is 0. The molecule has 1 aromatic heterocycles. The van der Waals surface area contributed by atoms with Gasteiger partial charge in [0.15, 0.2) is 6.61 Å². The summed E-state index contributed by atoms with van der Waals surface area (Å²) in [6, 6.07) is 5.38. The highest BCUT2D eigenvalue weighted by Gasteiger charge is 2.18. The molecule has 1 amide bonds. The predicted molar refractivity (Wildman–Crippen MR) is 66.9 cm³/mol. The average molecular weight is 264 g/mol. The van der Waals surface area contributed by atoms with Crippen LogP contribution in [0.2, 0.25) is 5.02 Å². The van der Waals surface area contributed by atoms with Crippen LogP contribution < -0.4 is 10.1 Å². The Morgan fingerprint density at radius 3 is 3.17 bits per heavy atom. The molecule has 0 atom stereocenters. The lowest BCUT2D eigenvalue weighted by Gasteiger charge is -2.19. The number of nitrogens with one attached hydrogen (secondary N) is 1. The van der Waals surface area contributed by atoms with E-state index in [2.05, 4.69) is 10.4 Å². The van der Waals surface area contributed by atoms with Crippen LogP contribution in [0.5, 0.6) is 5.75 Å².